The van der Waals surface area contributed by atoms with E-state index in [1.807, 2.05) is 26.2 Å². The van der Waals surface area contributed by atoms with Crippen LogP contribution in [0, 0.1) is 39.3 Å². The van der Waals surface area contributed by atoms with Crippen LogP contribution in [0.4, 0.5) is 8.78 Å². The van der Waals surface area contributed by atoms with E-state index in [2.05, 4.69) is 9.97 Å². The molecule has 1 aromatic carbocycles. The van der Waals surface area contributed by atoms with E-state index in [0.717, 1.165) is 11.4 Å². The van der Waals surface area contributed by atoms with Crippen LogP contribution in [0.1, 0.15) is 22.5 Å². The fourth-order valence-corrected chi connectivity index (χ4v) is 1.23. The summed E-state index contributed by atoms with van der Waals surface area (Å²) in [5.41, 5.74) is 1.81. The monoisotopic (exact) mass is 250 g/mol. The van der Waals surface area contributed by atoms with Crippen molar-refractivity contribution in [3.8, 4) is 0 Å². The molecule has 4 heteroatoms. The Hall–Kier alpha value is -1.84. The molecule has 1 aromatic heterocycles. The Balaban J connectivity index is 0.000000184. The van der Waals surface area contributed by atoms with Crippen molar-refractivity contribution in [1.82, 2.24) is 9.97 Å². The van der Waals surface area contributed by atoms with Crippen LogP contribution in [0.25, 0.3) is 0 Å². The molecule has 0 bridgehead atoms. The van der Waals surface area contributed by atoms with Crippen molar-refractivity contribution in [3.63, 3.8) is 0 Å². The maximum absolute atomic E-state index is 12.6. The summed E-state index contributed by atoms with van der Waals surface area (Å²) in [7, 11) is 0. The standard InChI is InChI=1S/C8H8F2.C6H8N2/c1-5-3-7(9)6(2)8(10)4-5;1-5-3-7-6(2)8-4-5/h3-4H,1-2H3;3-4H,1-2H3. The highest BCUT2D eigenvalue weighted by atomic mass is 19.1. The van der Waals surface area contributed by atoms with E-state index in [4.69, 9.17) is 0 Å². The summed E-state index contributed by atoms with van der Waals surface area (Å²) in [6.45, 7) is 6.93. The first kappa shape index (κ1) is 14.2. The maximum Gasteiger partial charge on any atom is 0.129 e. The van der Waals surface area contributed by atoms with Gasteiger partial charge in [0.1, 0.15) is 17.5 Å². The Bertz CT molecular complexity index is 478. The molecule has 0 saturated heterocycles. The van der Waals surface area contributed by atoms with Gasteiger partial charge in [0.15, 0.2) is 0 Å². The number of nitrogens with zero attached hydrogens (tertiary/aromatic N) is 2. The molecule has 0 fully saturated rings. The molecule has 0 spiro atoms. The highest BCUT2D eigenvalue weighted by molar-refractivity contribution is 5.23. The van der Waals surface area contributed by atoms with Crippen LogP contribution in [0.2, 0.25) is 0 Å². The Labute approximate surface area is 106 Å². The first-order valence-corrected chi connectivity index (χ1v) is 5.57. The molecule has 2 nitrogen and oxygen atoms in total. The van der Waals surface area contributed by atoms with E-state index < -0.39 is 11.6 Å². The topological polar surface area (TPSA) is 25.8 Å². The fraction of sp³-hybridized carbons (Fsp3) is 0.286. The van der Waals surface area contributed by atoms with E-state index in [-0.39, 0.29) is 5.56 Å². The zero-order valence-electron chi connectivity index (χ0n) is 11.0. The van der Waals surface area contributed by atoms with Crippen LogP contribution >= 0.6 is 0 Å². The van der Waals surface area contributed by atoms with Crippen LogP contribution in [-0.2, 0) is 0 Å². The number of rotatable bonds is 0. The third-order valence-electron chi connectivity index (χ3n) is 2.34. The van der Waals surface area contributed by atoms with Crippen LogP contribution < -0.4 is 0 Å². The molecular weight excluding hydrogens is 234 g/mol. The predicted molar refractivity (Wildman–Crippen MR) is 67.3 cm³/mol. The van der Waals surface area contributed by atoms with Gasteiger partial charge in [0.2, 0.25) is 0 Å². The average molecular weight is 250 g/mol. The van der Waals surface area contributed by atoms with Crippen molar-refractivity contribution in [1.29, 1.82) is 0 Å². The number of halogens is 2. The molecular formula is C14H16F2N2. The molecule has 18 heavy (non-hydrogen) atoms. The highest BCUT2D eigenvalue weighted by Crippen LogP contribution is 2.12. The van der Waals surface area contributed by atoms with Crippen molar-refractivity contribution in [2.24, 2.45) is 0 Å². The molecule has 0 radical (unpaired) electrons. The lowest BCUT2D eigenvalue weighted by Crippen LogP contribution is -1.88. The quantitative estimate of drug-likeness (QED) is 0.713. The number of benzene rings is 1. The molecule has 2 rings (SSSR count). The van der Waals surface area contributed by atoms with Crippen molar-refractivity contribution in [3.05, 3.63) is 58.7 Å². The van der Waals surface area contributed by atoms with Crippen molar-refractivity contribution >= 4 is 0 Å². The van der Waals surface area contributed by atoms with Gasteiger partial charge in [-0.3, -0.25) is 0 Å². The van der Waals surface area contributed by atoms with Gasteiger partial charge in [-0.25, -0.2) is 18.7 Å². The van der Waals surface area contributed by atoms with Gasteiger partial charge in [-0.15, -0.1) is 0 Å². The predicted octanol–water partition coefficient (Wildman–Crippen LogP) is 3.68. The van der Waals surface area contributed by atoms with Crippen LogP contribution in [0.5, 0.6) is 0 Å². The first-order chi connectivity index (χ1) is 8.40. The molecule has 0 atom stereocenters. The number of aryl methyl sites for hydroxylation is 3. The molecule has 96 valence electrons. The molecule has 0 unspecified atom stereocenters. The summed E-state index contributed by atoms with van der Waals surface area (Å²) in [4.78, 5) is 7.94. The Morgan fingerprint density at radius 1 is 0.778 bits per heavy atom. The number of hydrogen-bond acceptors (Lipinski definition) is 2. The second-order valence-electron chi connectivity index (χ2n) is 4.16. The van der Waals surface area contributed by atoms with Gasteiger partial charge in [-0.1, -0.05) is 0 Å². The first-order valence-electron chi connectivity index (χ1n) is 5.57. The van der Waals surface area contributed by atoms with E-state index in [1.165, 1.54) is 19.1 Å². The van der Waals surface area contributed by atoms with Crippen molar-refractivity contribution < 1.29 is 8.78 Å². The third kappa shape index (κ3) is 4.20. The number of hydrogen-bond donors (Lipinski definition) is 0. The SMILES string of the molecule is Cc1cc(F)c(C)c(F)c1.Cc1cnc(C)nc1. The summed E-state index contributed by atoms with van der Waals surface area (Å²) in [6.07, 6.45) is 3.62. The number of aromatic nitrogens is 2. The Morgan fingerprint density at radius 3 is 1.61 bits per heavy atom. The molecule has 0 aliphatic rings. The average Bonchev–Trinajstić information content (AvgIpc) is 2.31. The second kappa shape index (κ2) is 6.19. The highest BCUT2D eigenvalue weighted by Gasteiger charge is 2.02. The van der Waals surface area contributed by atoms with Gasteiger partial charge >= 0.3 is 0 Å². The smallest absolute Gasteiger partial charge is 0.129 e. The summed E-state index contributed by atoms with van der Waals surface area (Å²) >= 11 is 0. The second-order valence-corrected chi connectivity index (χ2v) is 4.16. The van der Waals surface area contributed by atoms with E-state index >= 15 is 0 Å². The summed E-state index contributed by atoms with van der Waals surface area (Å²) in [5, 5.41) is 0. The third-order valence-corrected chi connectivity index (χ3v) is 2.34. The minimum absolute atomic E-state index is 0.0885. The van der Waals surface area contributed by atoms with Gasteiger partial charge in [0, 0.05) is 18.0 Å². The molecule has 0 N–H and O–H groups in total. The van der Waals surface area contributed by atoms with Crippen LogP contribution in [0.3, 0.4) is 0 Å². The molecule has 0 aliphatic heterocycles. The molecule has 0 amide bonds. The zero-order valence-corrected chi connectivity index (χ0v) is 11.0. The van der Waals surface area contributed by atoms with Gasteiger partial charge in [-0.2, -0.15) is 0 Å². The van der Waals surface area contributed by atoms with E-state index in [9.17, 15) is 8.78 Å². The van der Waals surface area contributed by atoms with E-state index in [1.54, 1.807) is 6.92 Å². The van der Waals surface area contributed by atoms with Crippen molar-refractivity contribution in [2.45, 2.75) is 27.7 Å². The zero-order chi connectivity index (χ0) is 13.7. The summed E-state index contributed by atoms with van der Waals surface area (Å²) < 4.78 is 25.2. The van der Waals surface area contributed by atoms with Gasteiger partial charge in [-0.05, 0) is 51.0 Å². The molecule has 2 aromatic rings. The molecule has 0 saturated carbocycles. The normalized spacial score (nSPS) is 9.67. The Morgan fingerprint density at radius 2 is 1.22 bits per heavy atom. The Kier molecular flexibility index (Phi) is 4.89. The van der Waals surface area contributed by atoms with Gasteiger partial charge in [0.05, 0.1) is 0 Å². The van der Waals surface area contributed by atoms with Gasteiger partial charge in [0.25, 0.3) is 0 Å². The lowest BCUT2D eigenvalue weighted by atomic mass is 10.1. The minimum atomic E-state index is -0.475. The lowest BCUT2D eigenvalue weighted by molar-refractivity contribution is 0.566. The van der Waals surface area contributed by atoms with Crippen molar-refractivity contribution in [2.75, 3.05) is 0 Å². The fourth-order valence-electron chi connectivity index (χ4n) is 1.23. The lowest BCUT2D eigenvalue weighted by Gasteiger charge is -1.98. The van der Waals surface area contributed by atoms with E-state index in [0.29, 0.717) is 5.56 Å². The largest absolute Gasteiger partial charge is 0.241 e. The summed E-state index contributed by atoms with van der Waals surface area (Å²) in [5.74, 6) is -0.120. The van der Waals surface area contributed by atoms with Crippen LogP contribution in [0.15, 0.2) is 24.5 Å². The van der Waals surface area contributed by atoms with Crippen LogP contribution in [-0.4, -0.2) is 9.97 Å². The minimum Gasteiger partial charge on any atom is -0.241 e. The molecule has 0 aliphatic carbocycles. The van der Waals surface area contributed by atoms with Gasteiger partial charge < -0.3 is 0 Å². The molecule has 1 heterocycles. The summed E-state index contributed by atoms with van der Waals surface area (Å²) in [6, 6.07) is 2.64. The maximum atomic E-state index is 12.6.